The lowest BCUT2D eigenvalue weighted by atomic mass is 10.0. The number of quaternary nitrogens is 1. The maximum absolute atomic E-state index is 12.3. The van der Waals surface area contributed by atoms with Gasteiger partial charge < -0.3 is 15.2 Å². The molecule has 2 aliphatic rings. The van der Waals surface area contributed by atoms with Crippen molar-refractivity contribution in [3.63, 3.8) is 0 Å². The largest absolute Gasteiger partial charge is 0.544 e. The molecule has 6 nitrogen and oxygen atoms in total. The lowest BCUT2D eigenvalue weighted by Crippen LogP contribution is -2.96. The molecule has 2 atom stereocenters. The van der Waals surface area contributed by atoms with Crippen LogP contribution in [0.4, 0.5) is 0 Å². The van der Waals surface area contributed by atoms with Crippen LogP contribution in [0.3, 0.4) is 0 Å². The topological polar surface area (TPSA) is 94.1 Å². The fraction of sp³-hybridized carbons (Fsp3) is 0.400. The fourth-order valence-corrected chi connectivity index (χ4v) is 4.56. The lowest BCUT2D eigenvalue weighted by Gasteiger charge is -2.21. The molecule has 0 saturated carbocycles. The van der Waals surface area contributed by atoms with E-state index in [1.165, 1.54) is 16.7 Å². The third kappa shape index (κ3) is 2.30. The minimum Gasteiger partial charge on any atom is -0.544 e. The summed E-state index contributed by atoms with van der Waals surface area (Å²) in [4.78, 5) is 37.1. The van der Waals surface area contributed by atoms with E-state index in [0.717, 1.165) is 0 Å². The van der Waals surface area contributed by atoms with Gasteiger partial charge in [-0.2, -0.15) is 0 Å². The van der Waals surface area contributed by atoms with Crippen LogP contribution in [0.2, 0.25) is 0 Å². The quantitative estimate of drug-likeness (QED) is 0.707. The van der Waals surface area contributed by atoms with Crippen molar-refractivity contribution in [2.75, 3.05) is 6.54 Å². The first kappa shape index (κ1) is 15.1. The van der Waals surface area contributed by atoms with Gasteiger partial charge in [0.1, 0.15) is 12.0 Å². The number of hydrogen-bond acceptors (Lipinski definition) is 5. The summed E-state index contributed by atoms with van der Waals surface area (Å²) in [5, 5.41) is 12.7. The van der Waals surface area contributed by atoms with Crippen molar-refractivity contribution in [2.24, 2.45) is 0 Å². The molecular formula is C15H16N2O4S. The van der Waals surface area contributed by atoms with Crippen LogP contribution in [-0.2, 0) is 4.79 Å². The van der Waals surface area contributed by atoms with Crippen LogP contribution in [0.25, 0.3) is 0 Å². The zero-order valence-corrected chi connectivity index (χ0v) is 13.1. The summed E-state index contributed by atoms with van der Waals surface area (Å²) in [5.41, 5.74) is 0.817. The number of imide groups is 1. The highest BCUT2D eigenvalue weighted by molar-refractivity contribution is 8.01. The van der Waals surface area contributed by atoms with Crippen LogP contribution >= 0.6 is 11.8 Å². The average molecular weight is 320 g/mol. The Morgan fingerprint density at radius 3 is 2.27 bits per heavy atom. The molecule has 0 radical (unpaired) electrons. The van der Waals surface area contributed by atoms with E-state index in [1.807, 2.05) is 13.8 Å². The number of carbonyl (C=O) groups is 3. The third-order valence-electron chi connectivity index (χ3n) is 4.11. The first-order chi connectivity index (χ1) is 10.3. The molecule has 0 bridgehead atoms. The SMILES string of the molecule is CC1(C)S[C@H](CN2C(=O)c3ccccc3C2=O)[NH2+][C@@H]1C(=O)[O-]. The molecule has 1 saturated heterocycles. The number of amides is 2. The highest BCUT2D eigenvalue weighted by atomic mass is 32.2. The predicted molar refractivity (Wildman–Crippen MR) is 78.0 cm³/mol. The van der Waals surface area contributed by atoms with Gasteiger partial charge in [0.25, 0.3) is 11.8 Å². The number of carboxylic acid groups (broad SMARTS) is 1. The number of thioether (sulfide) groups is 1. The molecule has 2 N–H and O–H groups in total. The molecule has 2 amide bonds. The summed E-state index contributed by atoms with van der Waals surface area (Å²) in [6, 6.07) is 6.01. The van der Waals surface area contributed by atoms with Gasteiger partial charge in [-0.05, 0) is 26.0 Å². The summed E-state index contributed by atoms with van der Waals surface area (Å²) in [5.74, 6) is -1.75. The van der Waals surface area contributed by atoms with Crippen LogP contribution in [0.1, 0.15) is 34.6 Å². The van der Waals surface area contributed by atoms with E-state index < -0.39 is 16.8 Å². The summed E-state index contributed by atoms with van der Waals surface area (Å²) < 4.78 is -0.512. The summed E-state index contributed by atoms with van der Waals surface area (Å²) in [6.07, 6.45) is 0. The number of carboxylic acids is 1. The van der Waals surface area contributed by atoms with Crippen LogP contribution in [0, 0.1) is 0 Å². The normalized spacial score (nSPS) is 26.4. The number of rotatable bonds is 3. The molecule has 7 heteroatoms. The molecule has 0 unspecified atom stereocenters. The molecule has 3 rings (SSSR count). The van der Waals surface area contributed by atoms with E-state index in [0.29, 0.717) is 11.1 Å². The highest BCUT2D eigenvalue weighted by Crippen LogP contribution is 2.34. The van der Waals surface area contributed by atoms with E-state index >= 15 is 0 Å². The van der Waals surface area contributed by atoms with Gasteiger partial charge in [0.05, 0.1) is 22.4 Å². The van der Waals surface area contributed by atoms with Crippen LogP contribution in [-0.4, -0.2) is 45.4 Å². The molecule has 2 heterocycles. The molecule has 0 aromatic heterocycles. The van der Waals surface area contributed by atoms with E-state index in [4.69, 9.17) is 0 Å². The Hall–Kier alpha value is -1.86. The Balaban J connectivity index is 1.78. The van der Waals surface area contributed by atoms with Gasteiger partial charge in [-0.15, -0.1) is 0 Å². The number of carbonyl (C=O) groups excluding carboxylic acids is 3. The van der Waals surface area contributed by atoms with Crippen LogP contribution < -0.4 is 10.4 Å². The van der Waals surface area contributed by atoms with Gasteiger partial charge in [0.2, 0.25) is 0 Å². The van der Waals surface area contributed by atoms with Gasteiger partial charge in [0.15, 0.2) is 5.37 Å². The Morgan fingerprint density at radius 2 is 1.82 bits per heavy atom. The number of nitrogens with two attached hydrogens (primary N) is 1. The minimum atomic E-state index is -1.12. The minimum absolute atomic E-state index is 0.185. The Morgan fingerprint density at radius 1 is 1.27 bits per heavy atom. The molecule has 0 aliphatic carbocycles. The first-order valence-corrected chi connectivity index (χ1v) is 7.88. The monoisotopic (exact) mass is 320 g/mol. The molecule has 116 valence electrons. The second kappa shape index (κ2) is 5.10. The van der Waals surface area contributed by atoms with Gasteiger partial charge in [-0.1, -0.05) is 23.9 Å². The van der Waals surface area contributed by atoms with E-state index in [-0.39, 0.29) is 23.7 Å². The van der Waals surface area contributed by atoms with Gasteiger partial charge in [-0.3, -0.25) is 14.5 Å². The number of benzene rings is 1. The van der Waals surface area contributed by atoms with Crippen molar-refractivity contribution in [3.05, 3.63) is 35.4 Å². The number of fused-ring (bicyclic) bond motifs is 1. The standard InChI is InChI=1S/C15H16N2O4S/c1-15(2)11(14(20)21)16-10(22-15)7-17-12(18)8-5-3-4-6-9(8)13(17)19/h3-6,10-11,16H,7H2,1-2H3,(H,20,21)/t10-,11-/m1/s1. The second-order valence-corrected chi connectivity index (χ2v) is 7.91. The van der Waals surface area contributed by atoms with Gasteiger partial charge in [-0.25, -0.2) is 0 Å². The van der Waals surface area contributed by atoms with Crippen molar-refractivity contribution in [3.8, 4) is 0 Å². The predicted octanol–water partition coefficient (Wildman–Crippen LogP) is -1.18. The molecule has 1 fully saturated rings. The van der Waals surface area contributed by atoms with E-state index in [1.54, 1.807) is 29.6 Å². The maximum atomic E-state index is 12.3. The van der Waals surface area contributed by atoms with E-state index in [9.17, 15) is 19.5 Å². The first-order valence-electron chi connectivity index (χ1n) is 7.00. The zero-order valence-electron chi connectivity index (χ0n) is 12.2. The molecular weight excluding hydrogens is 304 g/mol. The average Bonchev–Trinajstić information content (AvgIpc) is 2.89. The summed E-state index contributed by atoms with van der Waals surface area (Å²) >= 11 is 1.45. The Bertz CT molecular complexity index is 638. The van der Waals surface area contributed by atoms with Gasteiger partial charge in [0, 0.05) is 0 Å². The molecule has 2 aliphatic heterocycles. The maximum Gasteiger partial charge on any atom is 0.261 e. The second-order valence-electron chi connectivity index (χ2n) is 6.02. The Labute approximate surface area is 131 Å². The van der Waals surface area contributed by atoms with E-state index in [2.05, 4.69) is 0 Å². The van der Waals surface area contributed by atoms with Crippen molar-refractivity contribution < 1.29 is 24.8 Å². The lowest BCUT2D eigenvalue weighted by molar-refractivity contribution is -0.689. The molecule has 22 heavy (non-hydrogen) atoms. The molecule has 0 spiro atoms. The van der Waals surface area contributed by atoms with Crippen molar-refractivity contribution >= 4 is 29.5 Å². The summed E-state index contributed by atoms with van der Waals surface area (Å²) in [7, 11) is 0. The Kier molecular flexibility index (Phi) is 3.49. The smallest absolute Gasteiger partial charge is 0.261 e. The van der Waals surface area contributed by atoms with Crippen LogP contribution in [0.15, 0.2) is 24.3 Å². The van der Waals surface area contributed by atoms with Crippen molar-refractivity contribution in [1.82, 2.24) is 4.90 Å². The van der Waals surface area contributed by atoms with Crippen molar-refractivity contribution in [2.45, 2.75) is 30.0 Å². The molecule has 1 aromatic rings. The molecule has 1 aromatic carbocycles. The highest BCUT2D eigenvalue weighted by Gasteiger charge is 2.48. The third-order valence-corrected chi connectivity index (χ3v) is 5.58. The number of nitrogens with zero attached hydrogens (tertiary/aromatic N) is 1. The number of aliphatic carboxylic acids is 1. The fourth-order valence-electron chi connectivity index (χ4n) is 2.99. The number of hydrogen-bond donors (Lipinski definition) is 1. The van der Waals surface area contributed by atoms with Gasteiger partial charge >= 0.3 is 0 Å². The van der Waals surface area contributed by atoms with Crippen LogP contribution in [0.5, 0.6) is 0 Å². The summed E-state index contributed by atoms with van der Waals surface area (Å²) in [6.45, 7) is 3.85. The zero-order chi connectivity index (χ0) is 16.1. The van der Waals surface area contributed by atoms with Crippen molar-refractivity contribution in [1.29, 1.82) is 0 Å².